The van der Waals surface area contributed by atoms with Crippen molar-refractivity contribution in [3.05, 3.63) is 65.7 Å². The molecule has 0 aromatic heterocycles. The highest BCUT2D eigenvalue weighted by Gasteiger charge is 2.09. The molecule has 0 aliphatic heterocycles. The topological polar surface area (TPSA) is 35.5 Å². The van der Waals surface area contributed by atoms with E-state index in [1.807, 2.05) is 61.5 Å². The Hall–Kier alpha value is -2.29. The average Bonchev–Trinajstić information content (AvgIpc) is 2.49. The summed E-state index contributed by atoms with van der Waals surface area (Å²) < 4.78 is 10.8. The van der Waals surface area contributed by atoms with Gasteiger partial charge in [-0.2, -0.15) is 0 Å². The Bertz CT molecular complexity index is 549. The fraction of sp³-hybridized carbons (Fsp3) is 0.235. The van der Waals surface area contributed by atoms with Crippen LogP contribution in [0, 0.1) is 0 Å². The second-order valence-electron chi connectivity index (χ2n) is 4.36. The van der Waals surface area contributed by atoms with Gasteiger partial charge in [-0.25, -0.2) is 0 Å². The van der Waals surface area contributed by atoms with Crippen molar-refractivity contribution in [1.29, 1.82) is 0 Å². The summed E-state index contributed by atoms with van der Waals surface area (Å²) in [5.74, 6) is 0.493. The van der Waals surface area contributed by atoms with E-state index in [2.05, 4.69) is 0 Å². The average molecular weight is 270 g/mol. The molecule has 0 spiro atoms. The molecular weight excluding hydrogens is 252 g/mol. The van der Waals surface area contributed by atoms with Crippen molar-refractivity contribution in [1.82, 2.24) is 0 Å². The largest absolute Gasteiger partial charge is 0.494 e. The highest BCUT2D eigenvalue weighted by molar-refractivity contribution is 5.73. The predicted octanol–water partition coefficient (Wildman–Crippen LogP) is 3.37. The van der Waals surface area contributed by atoms with Crippen LogP contribution in [0.1, 0.15) is 18.1 Å². The van der Waals surface area contributed by atoms with Gasteiger partial charge in [-0.3, -0.25) is 4.79 Å². The number of carbonyl (C=O) groups is 1. The molecule has 0 amide bonds. The van der Waals surface area contributed by atoms with E-state index in [-0.39, 0.29) is 12.4 Å². The van der Waals surface area contributed by atoms with Gasteiger partial charge in [-0.1, -0.05) is 48.5 Å². The van der Waals surface area contributed by atoms with Crippen LogP contribution < -0.4 is 4.74 Å². The molecule has 0 aliphatic rings. The van der Waals surface area contributed by atoms with Crippen LogP contribution in [0.15, 0.2) is 54.6 Å². The highest BCUT2D eigenvalue weighted by atomic mass is 16.5. The third-order valence-corrected chi connectivity index (χ3v) is 2.85. The molecule has 0 unspecified atom stereocenters. The minimum atomic E-state index is -0.249. The number of rotatable bonds is 6. The maximum absolute atomic E-state index is 11.9. The number of benzene rings is 2. The van der Waals surface area contributed by atoms with Gasteiger partial charge in [0.1, 0.15) is 12.4 Å². The molecule has 3 nitrogen and oxygen atoms in total. The summed E-state index contributed by atoms with van der Waals surface area (Å²) in [6.45, 7) is 2.80. The summed E-state index contributed by atoms with van der Waals surface area (Å²) in [7, 11) is 0. The fourth-order valence-corrected chi connectivity index (χ4v) is 1.89. The van der Waals surface area contributed by atoms with Crippen LogP contribution in [0.4, 0.5) is 0 Å². The van der Waals surface area contributed by atoms with Gasteiger partial charge in [0.15, 0.2) is 0 Å². The van der Waals surface area contributed by atoms with E-state index in [4.69, 9.17) is 9.47 Å². The van der Waals surface area contributed by atoms with Gasteiger partial charge in [-0.15, -0.1) is 0 Å². The van der Waals surface area contributed by atoms with E-state index in [1.165, 1.54) is 0 Å². The van der Waals surface area contributed by atoms with E-state index >= 15 is 0 Å². The first-order valence-corrected chi connectivity index (χ1v) is 6.70. The third kappa shape index (κ3) is 4.12. The van der Waals surface area contributed by atoms with Gasteiger partial charge in [0.2, 0.25) is 0 Å². The Labute approximate surface area is 119 Å². The maximum Gasteiger partial charge on any atom is 0.310 e. The van der Waals surface area contributed by atoms with Crippen LogP contribution in [0.2, 0.25) is 0 Å². The normalized spacial score (nSPS) is 10.1. The molecule has 104 valence electrons. The van der Waals surface area contributed by atoms with Crippen molar-refractivity contribution in [2.45, 2.75) is 20.0 Å². The second-order valence-corrected chi connectivity index (χ2v) is 4.36. The molecule has 0 aliphatic carbocycles. The number of esters is 1. The van der Waals surface area contributed by atoms with Crippen molar-refractivity contribution in [2.24, 2.45) is 0 Å². The zero-order chi connectivity index (χ0) is 14.2. The summed E-state index contributed by atoms with van der Waals surface area (Å²) in [5.41, 5.74) is 1.84. The van der Waals surface area contributed by atoms with E-state index < -0.39 is 0 Å². The van der Waals surface area contributed by atoms with E-state index in [0.717, 1.165) is 16.9 Å². The number of para-hydroxylation sites is 1. The standard InChI is InChI=1S/C17H18O3/c1-2-19-16-11-7-6-10-15(16)12-17(18)20-13-14-8-4-3-5-9-14/h3-11H,2,12-13H2,1H3. The van der Waals surface area contributed by atoms with Gasteiger partial charge in [-0.05, 0) is 18.6 Å². The first-order chi connectivity index (χ1) is 9.79. The predicted molar refractivity (Wildman–Crippen MR) is 77.6 cm³/mol. The van der Waals surface area contributed by atoms with Crippen LogP contribution >= 0.6 is 0 Å². The molecule has 2 aromatic carbocycles. The smallest absolute Gasteiger partial charge is 0.310 e. The first kappa shape index (κ1) is 14.1. The molecule has 0 saturated heterocycles. The molecule has 0 heterocycles. The van der Waals surface area contributed by atoms with Crippen LogP contribution in [-0.2, 0) is 22.6 Å². The number of ether oxygens (including phenoxy) is 2. The van der Waals surface area contributed by atoms with Crippen LogP contribution in [-0.4, -0.2) is 12.6 Å². The van der Waals surface area contributed by atoms with Gasteiger partial charge < -0.3 is 9.47 Å². The second kappa shape index (κ2) is 7.34. The molecule has 3 heteroatoms. The van der Waals surface area contributed by atoms with Crippen molar-refractivity contribution in [3.63, 3.8) is 0 Å². The minimum Gasteiger partial charge on any atom is -0.494 e. The van der Waals surface area contributed by atoms with E-state index in [9.17, 15) is 4.79 Å². The Balaban J connectivity index is 1.91. The zero-order valence-corrected chi connectivity index (χ0v) is 11.5. The third-order valence-electron chi connectivity index (χ3n) is 2.85. The summed E-state index contributed by atoms with van der Waals surface area (Å²) in [6.07, 6.45) is 0.225. The molecule has 0 radical (unpaired) electrons. The number of carbonyl (C=O) groups excluding carboxylic acids is 1. The molecule has 0 saturated carbocycles. The Morgan fingerprint density at radius 1 is 1.00 bits per heavy atom. The first-order valence-electron chi connectivity index (χ1n) is 6.70. The molecule has 0 fully saturated rings. The molecule has 0 bridgehead atoms. The lowest BCUT2D eigenvalue weighted by Gasteiger charge is -2.10. The summed E-state index contributed by atoms with van der Waals surface area (Å²) in [6, 6.07) is 17.2. The van der Waals surface area contributed by atoms with Crippen molar-refractivity contribution in [3.8, 4) is 5.75 Å². The van der Waals surface area contributed by atoms with Gasteiger partial charge in [0, 0.05) is 5.56 Å². The molecule has 2 aromatic rings. The molecule has 20 heavy (non-hydrogen) atoms. The minimum absolute atomic E-state index is 0.225. The van der Waals surface area contributed by atoms with Gasteiger partial charge in [0.05, 0.1) is 13.0 Å². The van der Waals surface area contributed by atoms with E-state index in [0.29, 0.717) is 13.2 Å². The van der Waals surface area contributed by atoms with Gasteiger partial charge >= 0.3 is 5.97 Å². The summed E-state index contributed by atoms with van der Waals surface area (Å²) in [4.78, 5) is 11.9. The number of hydrogen-bond donors (Lipinski definition) is 0. The number of hydrogen-bond acceptors (Lipinski definition) is 3. The maximum atomic E-state index is 11.9. The zero-order valence-electron chi connectivity index (χ0n) is 11.5. The lowest BCUT2D eigenvalue weighted by atomic mass is 10.1. The SMILES string of the molecule is CCOc1ccccc1CC(=O)OCc1ccccc1. The summed E-state index contributed by atoms with van der Waals surface area (Å²) >= 11 is 0. The fourth-order valence-electron chi connectivity index (χ4n) is 1.89. The van der Waals surface area contributed by atoms with Crippen LogP contribution in [0.5, 0.6) is 5.75 Å². The van der Waals surface area contributed by atoms with Crippen molar-refractivity contribution >= 4 is 5.97 Å². The van der Waals surface area contributed by atoms with E-state index in [1.54, 1.807) is 0 Å². The Morgan fingerprint density at radius 3 is 2.45 bits per heavy atom. The van der Waals surface area contributed by atoms with Crippen molar-refractivity contribution < 1.29 is 14.3 Å². The van der Waals surface area contributed by atoms with Crippen LogP contribution in [0.25, 0.3) is 0 Å². The molecule has 2 rings (SSSR count). The van der Waals surface area contributed by atoms with Crippen LogP contribution in [0.3, 0.4) is 0 Å². The van der Waals surface area contributed by atoms with Gasteiger partial charge in [0.25, 0.3) is 0 Å². The quantitative estimate of drug-likeness (QED) is 0.755. The molecular formula is C17H18O3. The Kier molecular flexibility index (Phi) is 5.18. The summed E-state index contributed by atoms with van der Waals surface area (Å²) in [5, 5.41) is 0. The molecule has 0 atom stereocenters. The monoisotopic (exact) mass is 270 g/mol. The lowest BCUT2D eigenvalue weighted by molar-refractivity contribution is -0.144. The van der Waals surface area contributed by atoms with Crippen molar-refractivity contribution in [2.75, 3.05) is 6.61 Å². The lowest BCUT2D eigenvalue weighted by Crippen LogP contribution is -2.09. The molecule has 0 N–H and O–H groups in total. The Morgan fingerprint density at radius 2 is 1.70 bits per heavy atom. The highest BCUT2D eigenvalue weighted by Crippen LogP contribution is 2.19.